The Kier molecular flexibility index (Phi) is 4.57. The van der Waals surface area contributed by atoms with Crippen LogP contribution in [0, 0.1) is 10.2 Å². The van der Waals surface area contributed by atoms with Crippen LogP contribution in [0.3, 0.4) is 0 Å². The molecule has 0 N–H and O–H groups in total. The van der Waals surface area contributed by atoms with Gasteiger partial charge in [0.1, 0.15) is 19.5 Å². The van der Waals surface area contributed by atoms with Crippen LogP contribution in [0.25, 0.3) is 0 Å². The molecule has 1 aromatic rings. The highest BCUT2D eigenvalue weighted by atomic mass is 35.7. The largest absolute Gasteiger partial charge is 0.242 e. The number of halogens is 1. The Morgan fingerprint density at radius 2 is 1.89 bits per heavy atom. The molecule has 1 unspecified atom stereocenters. The molecule has 0 amide bonds. The molecule has 0 aromatic heterocycles. The molecular weight excluding hydrogens is 298 g/mol. The number of rotatable bonds is 3. The van der Waals surface area contributed by atoms with Crippen LogP contribution in [-0.2, 0) is 3.74 Å². The number of nitrogens with zero attached hydrogens (tertiary/aromatic N) is 1. The van der Waals surface area contributed by atoms with E-state index in [0.29, 0.717) is 5.04 Å². The van der Waals surface area contributed by atoms with Gasteiger partial charge in [-0.25, -0.2) is 4.99 Å². The molecule has 18 heavy (non-hydrogen) atoms. The lowest BCUT2D eigenvalue weighted by atomic mass is 10.3. The minimum Gasteiger partial charge on any atom is -0.242 e. The van der Waals surface area contributed by atoms with Gasteiger partial charge in [-0.1, -0.05) is 30.0 Å². The summed E-state index contributed by atoms with van der Waals surface area (Å²) in [7, 11) is -5.53. The summed E-state index contributed by atoms with van der Waals surface area (Å²) in [6.07, 6.45) is 1.63. The Morgan fingerprint density at radius 1 is 1.17 bits per heavy atom. The highest BCUT2D eigenvalue weighted by molar-refractivity contribution is 8.38. The number of para-hydroxylation sites is 1. The molecule has 0 saturated carbocycles. The average Bonchev–Trinajstić information content (AvgIpc) is 2.31. The van der Waals surface area contributed by atoms with Crippen LogP contribution in [0.15, 0.2) is 46.8 Å². The van der Waals surface area contributed by atoms with Gasteiger partial charge in [0, 0.05) is 10.1 Å². The van der Waals surface area contributed by atoms with Crippen molar-refractivity contribution >= 4 is 38.0 Å². The molecule has 1 atom stereocenters. The smallest absolute Gasteiger partial charge is 0.141 e. The van der Waals surface area contributed by atoms with Gasteiger partial charge in [-0.15, -0.1) is 0 Å². The zero-order valence-electron chi connectivity index (χ0n) is 8.89. The van der Waals surface area contributed by atoms with Crippen LogP contribution >= 0.6 is 22.5 Å². The van der Waals surface area contributed by atoms with Gasteiger partial charge < -0.3 is 0 Å². The molecule has 8 heteroatoms. The summed E-state index contributed by atoms with van der Waals surface area (Å²) >= 11 is 1.22. The van der Waals surface area contributed by atoms with E-state index in [1.165, 1.54) is 21.9 Å². The van der Waals surface area contributed by atoms with E-state index in [4.69, 9.17) is 0 Å². The molecule has 2 rings (SSSR count). The Morgan fingerprint density at radius 3 is 2.44 bits per heavy atom. The van der Waals surface area contributed by atoms with E-state index in [1.807, 2.05) is 30.3 Å². The number of benzene rings is 1. The van der Waals surface area contributed by atoms with Crippen molar-refractivity contribution in [3.05, 3.63) is 41.8 Å². The van der Waals surface area contributed by atoms with Gasteiger partial charge in [-0.3, -0.25) is 0 Å². The summed E-state index contributed by atoms with van der Waals surface area (Å²) < 4.78 is 36.9. The molecule has 96 valence electrons. The summed E-state index contributed by atoms with van der Waals surface area (Å²) in [6, 6.07) is 9.34. The van der Waals surface area contributed by atoms with Crippen LogP contribution in [0.4, 0.5) is 5.69 Å². The molecule has 0 bridgehead atoms. The summed E-state index contributed by atoms with van der Waals surface area (Å²) in [4.78, 5) is 4.33. The van der Waals surface area contributed by atoms with Crippen molar-refractivity contribution in [2.45, 2.75) is 0 Å². The molecule has 1 heterocycles. The summed E-state index contributed by atoms with van der Waals surface area (Å²) in [5, 5.41) is 2.19. The van der Waals surface area contributed by atoms with E-state index in [-0.39, 0.29) is 0 Å². The molecule has 0 spiro atoms. The number of thioether (sulfide) groups is 1. The van der Waals surface area contributed by atoms with Crippen LogP contribution < -0.4 is 14.0 Å². The third-order valence-corrected chi connectivity index (χ3v) is 4.97. The first-order valence-corrected chi connectivity index (χ1v) is 8.07. The van der Waals surface area contributed by atoms with E-state index in [2.05, 4.69) is 8.73 Å². The van der Waals surface area contributed by atoms with E-state index in [0.717, 1.165) is 5.69 Å². The third-order valence-electron chi connectivity index (χ3n) is 1.75. The second kappa shape index (κ2) is 5.98. The van der Waals surface area contributed by atoms with Crippen molar-refractivity contribution in [3.8, 4) is 0 Å². The fourth-order valence-electron chi connectivity index (χ4n) is 1.11. The maximum absolute atomic E-state index is 10.4. The van der Waals surface area contributed by atoms with Gasteiger partial charge in [-0.2, -0.15) is 14.0 Å². The molecule has 0 aliphatic carbocycles. The highest BCUT2D eigenvalue weighted by Crippen LogP contribution is 2.28. The Balaban J connectivity index is 2.03. The summed E-state index contributed by atoms with van der Waals surface area (Å²) in [5.41, 5.74) is 0.801. The fraction of sp³-hybridized carbons (Fsp3) is 0. The van der Waals surface area contributed by atoms with Crippen LogP contribution in [-0.4, -0.2) is 9.74 Å². The van der Waals surface area contributed by atoms with Gasteiger partial charge in [0.25, 0.3) is 0 Å². The van der Waals surface area contributed by atoms with Crippen molar-refractivity contribution in [2.75, 3.05) is 0 Å². The predicted octanol–water partition coefficient (Wildman–Crippen LogP) is -0.165. The molecule has 0 radical (unpaired) electrons. The Labute approximate surface area is 113 Å². The van der Waals surface area contributed by atoms with E-state index >= 15 is 0 Å². The third kappa shape index (κ3) is 4.54. The lowest BCUT2D eigenvalue weighted by Gasteiger charge is -2.13. The number of hydrogen-bond donors (Lipinski definition) is 0. The second-order valence-electron chi connectivity index (χ2n) is 3.07. The molecule has 1 aliphatic rings. The molecule has 0 saturated heterocycles. The van der Waals surface area contributed by atoms with Crippen molar-refractivity contribution in [3.63, 3.8) is 0 Å². The van der Waals surface area contributed by atoms with Gasteiger partial charge in [-0.05, 0) is 18.2 Å². The maximum atomic E-state index is 10.4. The van der Waals surface area contributed by atoms with Gasteiger partial charge in [0.05, 0.1) is 15.9 Å². The topological polar surface area (TPSA) is 90.8 Å². The minimum absolute atomic E-state index is 0.702. The maximum Gasteiger partial charge on any atom is 0.141 e. The van der Waals surface area contributed by atoms with E-state index in [1.54, 1.807) is 6.08 Å². The first-order chi connectivity index (χ1) is 8.53. The van der Waals surface area contributed by atoms with Gasteiger partial charge in [0.15, 0.2) is 0 Å². The van der Waals surface area contributed by atoms with Crippen molar-refractivity contribution < 1.29 is 28.0 Å². The van der Waals surface area contributed by atoms with E-state index < -0.39 is 21.0 Å². The number of aliphatic imine (C=N–C) groups is 1. The zero-order chi connectivity index (χ0) is 13.0. The lowest BCUT2D eigenvalue weighted by Crippen LogP contribution is -2.60. The van der Waals surface area contributed by atoms with Crippen molar-refractivity contribution in [1.29, 1.82) is 0 Å². The summed E-state index contributed by atoms with van der Waals surface area (Å²) in [6.45, 7) is 0. The zero-order valence-corrected chi connectivity index (χ0v) is 11.3. The normalized spacial score (nSPS) is 21.9. The molecule has 1 aliphatic heterocycles. The van der Waals surface area contributed by atoms with Crippen molar-refractivity contribution in [1.82, 2.24) is 0 Å². The monoisotopic (exact) mass is 305 g/mol. The standard InChI is InChI=1S/C10H8ClNO4S2/c13-11(14,15)16-18-7-6-10(17-8-18)12-9-4-2-1-3-5-9/h1-8H. The van der Waals surface area contributed by atoms with Gasteiger partial charge >= 0.3 is 0 Å². The van der Waals surface area contributed by atoms with Crippen LogP contribution in [0.5, 0.6) is 0 Å². The summed E-state index contributed by atoms with van der Waals surface area (Å²) in [5.74, 6) is 0. The molecule has 0 fully saturated rings. The van der Waals surface area contributed by atoms with Crippen LogP contribution in [0.1, 0.15) is 0 Å². The van der Waals surface area contributed by atoms with Crippen LogP contribution in [0.2, 0.25) is 0 Å². The van der Waals surface area contributed by atoms with E-state index in [9.17, 15) is 14.0 Å². The SMILES string of the molecule is [O-][Cl+3]([O-])([O-])OS1=CSC(=Nc2ccccc2)C=C1. The minimum atomic E-state index is -4.40. The first-order valence-electron chi connectivity index (χ1n) is 4.68. The second-order valence-corrected chi connectivity index (χ2v) is 6.68. The molecule has 5 nitrogen and oxygen atoms in total. The molecular formula is C10H8ClNO4S2. The Bertz CT molecular complexity index is 510. The van der Waals surface area contributed by atoms with Crippen molar-refractivity contribution in [2.24, 2.45) is 4.99 Å². The lowest BCUT2D eigenvalue weighted by molar-refractivity contribution is -1.91. The van der Waals surface area contributed by atoms with Gasteiger partial charge in [0.2, 0.25) is 0 Å². The average molecular weight is 306 g/mol. The molecule has 1 aromatic carbocycles. The number of hydrogen-bond acceptors (Lipinski definition) is 6. The fourth-order valence-corrected chi connectivity index (χ4v) is 4.06. The highest BCUT2D eigenvalue weighted by Gasteiger charge is 2.21. The predicted molar refractivity (Wildman–Crippen MR) is 65.0 cm³/mol. The Hall–Kier alpha value is -0.670. The first kappa shape index (κ1) is 13.8. The quantitative estimate of drug-likeness (QED) is 0.723.